The predicted molar refractivity (Wildman–Crippen MR) is 78.1 cm³/mol. The van der Waals surface area contributed by atoms with Crippen molar-refractivity contribution in [3.8, 4) is 0 Å². The highest BCUT2D eigenvalue weighted by atomic mass is 15.2. The Morgan fingerprint density at radius 1 is 1.15 bits per heavy atom. The zero-order valence-electron chi connectivity index (χ0n) is 12.7. The second-order valence-corrected chi connectivity index (χ2v) is 7.93. The third kappa shape index (κ3) is 2.28. The van der Waals surface area contributed by atoms with Gasteiger partial charge < -0.3 is 0 Å². The lowest BCUT2D eigenvalue weighted by Gasteiger charge is -2.57. The Kier molecular flexibility index (Phi) is 2.92. The topological polar surface area (TPSA) is 44.8 Å². The average Bonchev–Trinajstić information content (AvgIpc) is 2.71. The smallest absolute Gasteiger partial charge is 0.164 e. The Morgan fingerprint density at radius 3 is 2.25 bits per heavy atom. The van der Waals surface area contributed by atoms with Crippen LogP contribution in [0.4, 0.5) is 0 Å². The third-order valence-electron chi connectivity index (χ3n) is 5.83. The molecular formula is C16H26N4. The fourth-order valence-electron chi connectivity index (χ4n) is 5.81. The quantitative estimate of drug-likeness (QED) is 0.918. The summed E-state index contributed by atoms with van der Waals surface area (Å²) in [5.74, 6) is 4.99. The molecule has 1 N–H and O–H groups in total. The van der Waals surface area contributed by atoms with Crippen molar-refractivity contribution in [1.82, 2.24) is 20.1 Å². The number of nitrogens with one attached hydrogen (secondary N) is 1. The van der Waals surface area contributed by atoms with Crippen molar-refractivity contribution in [3.63, 3.8) is 0 Å². The van der Waals surface area contributed by atoms with Gasteiger partial charge in [-0.3, -0.25) is 10.00 Å². The van der Waals surface area contributed by atoms with Crippen molar-refractivity contribution >= 4 is 0 Å². The van der Waals surface area contributed by atoms with Crippen molar-refractivity contribution in [2.24, 2.45) is 23.2 Å². The van der Waals surface area contributed by atoms with E-state index in [0.29, 0.717) is 5.41 Å². The molecule has 4 nitrogen and oxygen atoms in total. The summed E-state index contributed by atoms with van der Waals surface area (Å²) in [4.78, 5) is 6.89. The first kappa shape index (κ1) is 12.8. The maximum atomic E-state index is 4.44. The molecule has 110 valence electrons. The van der Waals surface area contributed by atoms with Crippen LogP contribution < -0.4 is 0 Å². The lowest BCUT2D eigenvalue weighted by molar-refractivity contribution is -0.0672. The molecule has 4 heteroatoms. The largest absolute Gasteiger partial charge is 0.298 e. The summed E-state index contributed by atoms with van der Waals surface area (Å²) < 4.78 is 0. The molecule has 0 amide bonds. The number of aromatic amines is 1. The van der Waals surface area contributed by atoms with Crippen LogP contribution in [0.3, 0.4) is 0 Å². The van der Waals surface area contributed by atoms with Crippen LogP contribution in [0.1, 0.15) is 50.2 Å². The van der Waals surface area contributed by atoms with Gasteiger partial charge in [0.2, 0.25) is 0 Å². The highest BCUT2D eigenvalue weighted by Gasteiger charge is 2.50. The molecule has 1 aromatic rings. The highest BCUT2D eigenvalue weighted by Crippen LogP contribution is 2.60. The van der Waals surface area contributed by atoms with E-state index >= 15 is 0 Å². The van der Waals surface area contributed by atoms with Crippen molar-refractivity contribution in [1.29, 1.82) is 0 Å². The predicted octanol–water partition coefficient (Wildman–Crippen LogP) is 2.76. The van der Waals surface area contributed by atoms with Gasteiger partial charge >= 0.3 is 0 Å². The molecule has 0 unspecified atom stereocenters. The maximum Gasteiger partial charge on any atom is 0.164 e. The zero-order valence-corrected chi connectivity index (χ0v) is 12.7. The molecule has 0 saturated heterocycles. The number of aryl methyl sites for hydroxylation is 1. The van der Waals surface area contributed by atoms with E-state index in [9.17, 15) is 0 Å². The van der Waals surface area contributed by atoms with Gasteiger partial charge in [0.25, 0.3) is 0 Å². The Labute approximate surface area is 121 Å². The van der Waals surface area contributed by atoms with Gasteiger partial charge in [-0.1, -0.05) is 0 Å². The van der Waals surface area contributed by atoms with Crippen LogP contribution in [0.15, 0.2) is 0 Å². The van der Waals surface area contributed by atoms with Gasteiger partial charge in [0.15, 0.2) is 5.82 Å². The first-order valence-corrected chi connectivity index (χ1v) is 8.17. The summed E-state index contributed by atoms with van der Waals surface area (Å²) in [6.07, 6.45) is 9.04. The Balaban J connectivity index is 1.43. The van der Waals surface area contributed by atoms with E-state index in [0.717, 1.165) is 35.9 Å². The van der Waals surface area contributed by atoms with Gasteiger partial charge in [0, 0.05) is 6.54 Å². The molecule has 4 aliphatic carbocycles. The van der Waals surface area contributed by atoms with E-state index in [4.69, 9.17) is 0 Å². The molecule has 0 radical (unpaired) electrons. The second kappa shape index (κ2) is 4.55. The van der Waals surface area contributed by atoms with Crippen LogP contribution in [0.25, 0.3) is 0 Å². The number of aromatic nitrogens is 3. The van der Waals surface area contributed by atoms with Crippen LogP contribution in [0, 0.1) is 30.1 Å². The maximum absolute atomic E-state index is 4.44. The van der Waals surface area contributed by atoms with Crippen molar-refractivity contribution in [2.45, 2.75) is 52.0 Å². The Morgan fingerprint density at radius 2 is 1.75 bits per heavy atom. The van der Waals surface area contributed by atoms with Crippen molar-refractivity contribution in [2.75, 3.05) is 13.6 Å². The Bertz CT molecular complexity index is 457. The zero-order chi connectivity index (χ0) is 13.7. The summed E-state index contributed by atoms with van der Waals surface area (Å²) in [6.45, 7) is 4.09. The van der Waals surface area contributed by atoms with Crippen LogP contribution in [0.2, 0.25) is 0 Å². The van der Waals surface area contributed by atoms with E-state index in [1.54, 1.807) is 0 Å². The fourth-order valence-corrected chi connectivity index (χ4v) is 5.81. The lowest BCUT2D eigenvalue weighted by atomic mass is 9.49. The molecule has 1 aromatic heterocycles. The number of hydrogen-bond acceptors (Lipinski definition) is 3. The summed E-state index contributed by atoms with van der Waals surface area (Å²) in [5.41, 5.74) is 0.620. The van der Waals surface area contributed by atoms with Gasteiger partial charge in [0.05, 0.1) is 6.54 Å². The molecule has 4 bridgehead atoms. The second-order valence-electron chi connectivity index (χ2n) is 7.93. The molecule has 4 saturated carbocycles. The number of H-pyrrole nitrogens is 1. The van der Waals surface area contributed by atoms with Gasteiger partial charge in [-0.2, -0.15) is 5.10 Å². The van der Waals surface area contributed by atoms with Crippen LogP contribution in [-0.2, 0) is 6.54 Å². The lowest BCUT2D eigenvalue weighted by Crippen LogP contribution is -2.50. The summed E-state index contributed by atoms with van der Waals surface area (Å²) in [5, 5.41) is 7.22. The standard InChI is InChI=1S/C16H26N4/c1-11-17-15(19-18-11)9-20(2)10-16-6-12-3-13(7-16)5-14(4-12)8-16/h12-14H,3-10H2,1-2H3,(H,17,18,19). The molecular weight excluding hydrogens is 248 g/mol. The molecule has 0 aliphatic heterocycles. The van der Waals surface area contributed by atoms with Crippen LogP contribution >= 0.6 is 0 Å². The highest BCUT2D eigenvalue weighted by molar-refractivity contribution is 5.02. The van der Waals surface area contributed by atoms with E-state index in [1.165, 1.54) is 45.1 Å². The minimum absolute atomic E-state index is 0.620. The Hall–Kier alpha value is -0.900. The minimum Gasteiger partial charge on any atom is -0.298 e. The fraction of sp³-hybridized carbons (Fsp3) is 0.875. The molecule has 4 aliphatic rings. The van der Waals surface area contributed by atoms with Gasteiger partial charge in [0.1, 0.15) is 5.82 Å². The molecule has 1 heterocycles. The summed E-state index contributed by atoms with van der Waals surface area (Å²) in [6, 6.07) is 0. The first-order valence-electron chi connectivity index (χ1n) is 8.17. The first-order chi connectivity index (χ1) is 9.60. The van der Waals surface area contributed by atoms with E-state index in [-0.39, 0.29) is 0 Å². The normalized spacial score (nSPS) is 38.9. The van der Waals surface area contributed by atoms with Crippen LogP contribution in [0.5, 0.6) is 0 Å². The van der Waals surface area contributed by atoms with Gasteiger partial charge in [-0.25, -0.2) is 4.98 Å². The van der Waals surface area contributed by atoms with Gasteiger partial charge in [-0.15, -0.1) is 0 Å². The SMILES string of the molecule is Cc1nc(CN(C)CC23CC4CC(CC(C4)C2)C3)n[nH]1. The van der Waals surface area contributed by atoms with E-state index in [2.05, 4.69) is 27.1 Å². The number of rotatable bonds is 4. The number of nitrogens with zero attached hydrogens (tertiary/aromatic N) is 3. The number of hydrogen-bond donors (Lipinski definition) is 1. The summed E-state index contributed by atoms with van der Waals surface area (Å²) >= 11 is 0. The monoisotopic (exact) mass is 274 g/mol. The molecule has 0 spiro atoms. The summed E-state index contributed by atoms with van der Waals surface area (Å²) in [7, 11) is 2.24. The van der Waals surface area contributed by atoms with Crippen molar-refractivity contribution in [3.05, 3.63) is 11.6 Å². The molecule has 4 fully saturated rings. The molecule has 5 rings (SSSR count). The third-order valence-corrected chi connectivity index (χ3v) is 5.83. The van der Waals surface area contributed by atoms with Gasteiger partial charge in [-0.05, 0) is 75.7 Å². The molecule has 0 aromatic carbocycles. The van der Waals surface area contributed by atoms with E-state index in [1.807, 2.05) is 6.92 Å². The molecule has 0 atom stereocenters. The minimum atomic E-state index is 0.620. The average molecular weight is 274 g/mol. The van der Waals surface area contributed by atoms with Crippen molar-refractivity contribution < 1.29 is 0 Å². The van der Waals surface area contributed by atoms with E-state index < -0.39 is 0 Å². The van der Waals surface area contributed by atoms with Crippen LogP contribution in [-0.4, -0.2) is 33.7 Å². The molecule has 20 heavy (non-hydrogen) atoms.